The minimum Gasteiger partial charge on any atom is -0.506 e. The highest BCUT2D eigenvalue weighted by molar-refractivity contribution is 7.91. The van der Waals surface area contributed by atoms with E-state index in [2.05, 4.69) is 0 Å². The van der Waals surface area contributed by atoms with E-state index < -0.39 is 33.6 Å². The summed E-state index contributed by atoms with van der Waals surface area (Å²) in [7, 11) is -4.10. The SMILES string of the molecule is N#Cc1ccc(C(F)(F)F)cc1Cc1ccc(N2C=C(O)NS2(=O)=O)c(O)c1. The number of aliphatic hydroxyl groups is 1. The molecule has 28 heavy (non-hydrogen) atoms. The number of aliphatic hydroxyl groups excluding tert-OH is 1. The zero-order valence-electron chi connectivity index (χ0n) is 13.9. The Balaban J connectivity index is 1.95. The van der Waals surface area contributed by atoms with Gasteiger partial charge in [-0.15, -0.1) is 0 Å². The van der Waals surface area contributed by atoms with Crippen LogP contribution in [0, 0.1) is 11.3 Å². The van der Waals surface area contributed by atoms with Gasteiger partial charge < -0.3 is 10.2 Å². The van der Waals surface area contributed by atoms with Gasteiger partial charge in [0.25, 0.3) is 0 Å². The van der Waals surface area contributed by atoms with Gasteiger partial charge in [0.1, 0.15) is 11.4 Å². The van der Waals surface area contributed by atoms with Crippen LogP contribution in [0.5, 0.6) is 5.75 Å². The van der Waals surface area contributed by atoms with Crippen molar-refractivity contribution in [3.05, 3.63) is 70.7 Å². The van der Waals surface area contributed by atoms with Crippen molar-refractivity contribution in [1.82, 2.24) is 4.72 Å². The summed E-state index contributed by atoms with van der Waals surface area (Å²) in [5.41, 5.74) is -0.551. The highest BCUT2D eigenvalue weighted by Crippen LogP contribution is 2.34. The zero-order chi connectivity index (χ0) is 20.7. The molecule has 3 N–H and O–H groups in total. The molecule has 0 radical (unpaired) electrons. The highest BCUT2D eigenvalue weighted by Gasteiger charge is 2.32. The van der Waals surface area contributed by atoms with E-state index in [1.165, 1.54) is 18.2 Å². The predicted molar refractivity (Wildman–Crippen MR) is 92.3 cm³/mol. The molecule has 0 saturated heterocycles. The molecule has 0 fully saturated rings. The van der Waals surface area contributed by atoms with E-state index in [0.717, 1.165) is 24.4 Å². The molecule has 1 heterocycles. The summed E-state index contributed by atoms with van der Waals surface area (Å²) in [6.45, 7) is 0. The number of nitriles is 1. The monoisotopic (exact) mass is 411 g/mol. The lowest BCUT2D eigenvalue weighted by molar-refractivity contribution is -0.137. The fraction of sp³-hybridized carbons (Fsp3) is 0.118. The molecule has 0 amide bonds. The minimum absolute atomic E-state index is 0.0516. The average molecular weight is 411 g/mol. The average Bonchev–Trinajstić information content (AvgIpc) is 2.86. The number of alkyl halides is 3. The number of rotatable bonds is 3. The molecule has 2 aromatic rings. The van der Waals surface area contributed by atoms with Gasteiger partial charge in [0.2, 0.25) is 5.88 Å². The fourth-order valence-electron chi connectivity index (χ4n) is 2.70. The van der Waals surface area contributed by atoms with Crippen molar-refractivity contribution < 1.29 is 31.8 Å². The summed E-state index contributed by atoms with van der Waals surface area (Å²) in [5, 5.41) is 28.6. The van der Waals surface area contributed by atoms with Gasteiger partial charge in [0.15, 0.2) is 0 Å². The second-order valence-electron chi connectivity index (χ2n) is 5.90. The van der Waals surface area contributed by atoms with E-state index in [1.54, 1.807) is 0 Å². The smallest absolute Gasteiger partial charge is 0.416 e. The van der Waals surface area contributed by atoms with E-state index >= 15 is 0 Å². The normalized spacial score (nSPS) is 15.6. The molecular formula is C17H12F3N3O4S. The molecule has 0 atom stereocenters. The van der Waals surface area contributed by atoms with Crippen LogP contribution in [0.4, 0.5) is 18.9 Å². The Morgan fingerprint density at radius 2 is 1.86 bits per heavy atom. The van der Waals surface area contributed by atoms with Gasteiger partial charge >= 0.3 is 16.4 Å². The maximum Gasteiger partial charge on any atom is 0.416 e. The summed E-state index contributed by atoms with van der Waals surface area (Å²) in [5.74, 6) is -1.11. The third-order valence-corrected chi connectivity index (χ3v) is 5.24. The standard InChI is InChI=1S/C17H12F3N3O4S/c18-17(19,20)13-3-2-11(8-21)12(7-13)5-10-1-4-14(15(24)6-10)23-9-16(25)22-28(23,26)27/h1-4,6-7,9,22,24-25H,5H2. The number of hydrogen-bond donors (Lipinski definition) is 3. The number of anilines is 1. The van der Waals surface area contributed by atoms with Crippen molar-refractivity contribution >= 4 is 15.9 Å². The summed E-state index contributed by atoms with van der Waals surface area (Å²) < 4.78 is 64.9. The minimum atomic E-state index is -4.57. The number of halogens is 3. The van der Waals surface area contributed by atoms with Crippen LogP contribution in [0.3, 0.4) is 0 Å². The first kappa shape index (κ1) is 19.4. The number of phenolic OH excluding ortho intramolecular Hbond substituents is 1. The summed E-state index contributed by atoms with van der Waals surface area (Å²) >= 11 is 0. The zero-order valence-corrected chi connectivity index (χ0v) is 14.7. The highest BCUT2D eigenvalue weighted by atomic mass is 32.2. The number of benzene rings is 2. The van der Waals surface area contributed by atoms with Crippen LogP contribution >= 0.6 is 0 Å². The van der Waals surface area contributed by atoms with Gasteiger partial charge in [0.05, 0.1) is 23.4 Å². The van der Waals surface area contributed by atoms with Gasteiger partial charge in [0, 0.05) is 0 Å². The van der Waals surface area contributed by atoms with Crippen LogP contribution in [0.25, 0.3) is 0 Å². The Hall–Kier alpha value is -3.39. The lowest BCUT2D eigenvalue weighted by atomic mass is 9.97. The second-order valence-corrected chi connectivity index (χ2v) is 7.45. The maximum absolute atomic E-state index is 12.9. The molecule has 0 aromatic heterocycles. The van der Waals surface area contributed by atoms with Crippen LogP contribution in [-0.2, 0) is 22.8 Å². The second kappa shape index (κ2) is 6.65. The Kier molecular flexibility index (Phi) is 4.60. The Labute approximate surface area is 157 Å². The Bertz CT molecular complexity index is 1120. The maximum atomic E-state index is 12.9. The van der Waals surface area contributed by atoms with Gasteiger partial charge in [-0.05, 0) is 47.9 Å². The summed E-state index contributed by atoms with van der Waals surface area (Å²) in [6.07, 6.45) is -3.81. The van der Waals surface area contributed by atoms with E-state index in [9.17, 15) is 31.8 Å². The first-order chi connectivity index (χ1) is 13.0. The number of nitrogens with zero attached hydrogens (tertiary/aromatic N) is 2. The van der Waals surface area contributed by atoms with Crippen LogP contribution in [0.1, 0.15) is 22.3 Å². The van der Waals surface area contributed by atoms with Crippen LogP contribution < -0.4 is 9.03 Å². The molecule has 1 aliphatic heterocycles. The molecule has 3 rings (SSSR count). The lowest BCUT2D eigenvalue weighted by Crippen LogP contribution is -2.29. The molecular weight excluding hydrogens is 399 g/mol. The van der Waals surface area contributed by atoms with Gasteiger partial charge in [-0.2, -0.15) is 26.9 Å². The van der Waals surface area contributed by atoms with Crippen LogP contribution in [0.15, 0.2) is 48.5 Å². The Morgan fingerprint density at radius 1 is 1.14 bits per heavy atom. The largest absolute Gasteiger partial charge is 0.506 e. The molecule has 11 heteroatoms. The quantitative estimate of drug-likeness (QED) is 0.719. The van der Waals surface area contributed by atoms with Gasteiger partial charge in [-0.25, -0.2) is 9.03 Å². The third-order valence-electron chi connectivity index (χ3n) is 3.96. The molecule has 7 nitrogen and oxygen atoms in total. The van der Waals surface area contributed by atoms with E-state index in [1.807, 2.05) is 10.8 Å². The predicted octanol–water partition coefficient (Wildman–Crippen LogP) is 2.88. The van der Waals surface area contributed by atoms with Crippen molar-refractivity contribution in [3.8, 4) is 11.8 Å². The number of aromatic hydroxyl groups is 1. The van der Waals surface area contributed by atoms with E-state index in [-0.39, 0.29) is 23.2 Å². The Morgan fingerprint density at radius 3 is 2.39 bits per heavy atom. The number of phenols is 1. The van der Waals surface area contributed by atoms with Crippen molar-refractivity contribution in [2.75, 3.05) is 4.31 Å². The molecule has 146 valence electrons. The van der Waals surface area contributed by atoms with Crippen molar-refractivity contribution in [2.45, 2.75) is 12.6 Å². The van der Waals surface area contributed by atoms with Gasteiger partial charge in [-0.3, -0.25) is 0 Å². The van der Waals surface area contributed by atoms with Crippen molar-refractivity contribution in [3.63, 3.8) is 0 Å². The number of nitrogens with one attached hydrogen (secondary N) is 1. The van der Waals surface area contributed by atoms with E-state index in [4.69, 9.17) is 5.26 Å². The lowest BCUT2D eigenvalue weighted by Gasteiger charge is -2.16. The first-order valence-electron chi connectivity index (χ1n) is 7.66. The molecule has 0 saturated carbocycles. The topological polar surface area (TPSA) is 114 Å². The van der Waals surface area contributed by atoms with E-state index in [0.29, 0.717) is 9.87 Å². The molecule has 1 aliphatic rings. The molecule has 0 bridgehead atoms. The fourth-order valence-corrected chi connectivity index (χ4v) is 3.77. The molecule has 0 spiro atoms. The molecule has 2 aromatic carbocycles. The van der Waals surface area contributed by atoms with Crippen molar-refractivity contribution in [1.29, 1.82) is 5.26 Å². The summed E-state index contributed by atoms with van der Waals surface area (Å²) in [4.78, 5) is 0. The molecule has 0 unspecified atom stereocenters. The molecule has 0 aliphatic carbocycles. The van der Waals surface area contributed by atoms with Crippen LogP contribution in [-0.4, -0.2) is 18.6 Å². The van der Waals surface area contributed by atoms with Crippen molar-refractivity contribution in [2.24, 2.45) is 0 Å². The van der Waals surface area contributed by atoms with Gasteiger partial charge in [-0.1, -0.05) is 6.07 Å². The van der Waals surface area contributed by atoms with Crippen LogP contribution in [0.2, 0.25) is 0 Å². The third kappa shape index (κ3) is 3.67. The summed E-state index contributed by atoms with van der Waals surface area (Å²) in [6, 6.07) is 8.37. The first-order valence-corrected chi connectivity index (χ1v) is 9.10. The number of hydrogen-bond acceptors (Lipinski definition) is 5.